The Kier molecular flexibility index (Phi) is 10.1. The molecule has 0 aliphatic carbocycles. The molecule has 5 atom stereocenters. The standard InChI is InChI=1S/C22H30BrN4O8P/c1-4-5-14(2)33-21(28)15(3)26-36(30,35-17-8-6-16(23)7-9-17)32-13-20-31-12-19(34-20)27-11-10-18(24)25-22(27)29/h6-11,14-15,19-20H,4-5,12-13H2,1-3H3,(H,26,30)(H2,24,25,29)/t14-,15?,19-,20-,36?/m0/s1. The number of nitrogen functional groups attached to an aromatic ring is 1. The van der Waals surface area contributed by atoms with E-state index in [0.29, 0.717) is 6.42 Å². The summed E-state index contributed by atoms with van der Waals surface area (Å²) >= 11 is 3.33. The number of carbonyl (C=O) groups excluding carboxylic acids is 1. The van der Waals surface area contributed by atoms with Gasteiger partial charge in [-0.15, -0.1) is 0 Å². The van der Waals surface area contributed by atoms with Crippen LogP contribution in [-0.4, -0.2) is 47.2 Å². The Morgan fingerprint density at radius 1 is 1.33 bits per heavy atom. The highest BCUT2D eigenvalue weighted by molar-refractivity contribution is 9.10. The molecule has 3 rings (SSSR count). The molecule has 14 heteroatoms. The number of halogens is 1. The first-order chi connectivity index (χ1) is 17.1. The molecule has 0 radical (unpaired) electrons. The van der Waals surface area contributed by atoms with Gasteiger partial charge in [-0.25, -0.2) is 9.36 Å². The summed E-state index contributed by atoms with van der Waals surface area (Å²) in [5.41, 5.74) is 4.92. The van der Waals surface area contributed by atoms with Gasteiger partial charge >= 0.3 is 19.4 Å². The van der Waals surface area contributed by atoms with Gasteiger partial charge in [0.15, 0.2) is 12.5 Å². The quantitative estimate of drug-likeness (QED) is 0.277. The van der Waals surface area contributed by atoms with Gasteiger partial charge in [0, 0.05) is 10.7 Å². The van der Waals surface area contributed by atoms with E-state index in [-0.39, 0.29) is 30.9 Å². The van der Waals surface area contributed by atoms with Gasteiger partial charge in [-0.3, -0.25) is 13.9 Å². The first kappa shape index (κ1) is 28.3. The molecule has 198 valence electrons. The fraction of sp³-hybridized carbons (Fsp3) is 0.500. The monoisotopic (exact) mass is 588 g/mol. The molecule has 0 spiro atoms. The zero-order chi connectivity index (χ0) is 26.3. The van der Waals surface area contributed by atoms with Crippen molar-refractivity contribution in [1.29, 1.82) is 0 Å². The smallest absolute Gasteiger partial charge is 0.459 e. The van der Waals surface area contributed by atoms with Crippen LogP contribution in [0.4, 0.5) is 5.82 Å². The largest absolute Gasteiger partial charge is 0.462 e. The lowest BCUT2D eigenvalue weighted by Crippen LogP contribution is -2.37. The fourth-order valence-corrected chi connectivity index (χ4v) is 5.00. The van der Waals surface area contributed by atoms with E-state index >= 15 is 0 Å². The van der Waals surface area contributed by atoms with Gasteiger partial charge in [-0.05, 0) is 50.6 Å². The lowest BCUT2D eigenvalue weighted by molar-refractivity contribution is -0.150. The maximum absolute atomic E-state index is 13.6. The van der Waals surface area contributed by atoms with Crippen LogP contribution in [0.3, 0.4) is 0 Å². The van der Waals surface area contributed by atoms with E-state index in [1.165, 1.54) is 23.8 Å². The number of hydrogen-bond acceptors (Lipinski definition) is 10. The Hall–Kier alpha value is -2.28. The van der Waals surface area contributed by atoms with E-state index in [0.717, 1.165) is 10.9 Å². The topological polar surface area (TPSA) is 153 Å². The van der Waals surface area contributed by atoms with Crippen molar-refractivity contribution < 1.29 is 32.6 Å². The van der Waals surface area contributed by atoms with E-state index in [4.69, 9.17) is 29.0 Å². The first-order valence-electron chi connectivity index (χ1n) is 11.4. The molecule has 2 heterocycles. The fourth-order valence-electron chi connectivity index (χ4n) is 3.26. The van der Waals surface area contributed by atoms with Crippen molar-refractivity contribution in [3.05, 3.63) is 51.5 Å². The summed E-state index contributed by atoms with van der Waals surface area (Å²) in [6, 6.07) is 7.05. The predicted octanol–water partition coefficient (Wildman–Crippen LogP) is 3.37. The Labute approximate surface area is 217 Å². The van der Waals surface area contributed by atoms with Crippen LogP contribution >= 0.6 is 23.7 Å². The van der Waals surface area contributed by atoms with Crippen molar-refractivity contribution in [2.75, 3.05) is 18.9 Å². The molecule has 2 unspecified atom stereocenters. The summed E-state index contributed by atoms with van der Waals surface area (Å²) in [4.78, 5) is 28.2. The molecule has 0 bridgehead atoms. The summed E-state index contributed by atoms with van der Waals surface area (Å²) in [6.45, 7) is 4.99. The number of carbonyl (C=O) groups is 1. The Bertz CT molecular complexity index is 1130. The van der Waals surface area contributed by atoms with Crippen LogP contribution < -0.4 is 21.0 Å². The molecule has 12 nitrogen and oxygen atoms in total. The van der Waals surface area contributed by atoms with Crippen molar-refractivity contribution in [2.45, 2.75) is 58.3 Å². The summed E-state index contributed by atoms with van der Waals surface area (Å²) in [7, 11) is -4.11. The molecule has 1 aliphatic rings. The minimum atomic E-state index is -4.11. The number of nitrogens with two attached hydrogens (primary N) is 1. The minimum Gasteiger partial charge on any atom is -0.462 e. The van der Waals surface area contributed by atoms with Gasteiger partial charge < -0.3 is 24.5 Å². The van der Waals surface area contributed by atoms with Crippen molar-refractivity contribution in [3.63, 3.8) is 0 Å². The molecule has 1 aromatic carbocycles. The maximum Gasteiger partial charge on any atom is 0.459 e. The van der Waals surface area contributed by atoms with Crippen molar-refractivity contribution >= 4 is 35.5 Å². The maximum atomic E-state index is 13.6. The Balaban J connectivity index is 1.67. The Morgan fingerprint density at radius 3 is 2.72 bits per heavy atom. The summed E-state index contributed by atoms with van der Waals surface area (Å²) in [5, 5.41) is 2.62. The molecular weight excluding hydrogens is 559 g/mol. The van der Waals surface area contributed by atoms with E-state index in [2.05, 4.69) is 26.0 Å². The summed E-state index contributed by atoms with van der Waals surface area (Å²) < 4.78 is 43.5. The van der Waals surface area contributed by atoms with Gasteiger partial charge in [0.1, 0.15) is 24.2 Å². The number of nitrogens with one attached hydrogen (secondary N) is 1. The molecule has 1 aliphatic heterocycles. The summed E-state index contributed by atoms with van der Waals surface area (Å²) in [5.74, 6) is -0.258. The van der Waals surface area contributed by atoms with Crippen LogP contribution in [0.5, 0.6) is 5.75 Å². The molecule has 1 fully saturated rings. The molecule has 2 aromatic rings. The van der Waals surface area contributed by atoms with Gasteiger partial charge in [-0.2, -0.15) is 10.1 Å². The number of benzene rings is 1. The normalized spacial score (nSPS) is 20.9. The molecule has 0 saturated carbocycles. The second-order valence-corrected chi connectivity index (χ2v) is 10.7. The molecule has 1 saturated heterocycles. The van der Waals surface area contributed by atoms with Gasteiger partial charge in [-0.1, -0.05) is 29.3 Å². The van der Waals surface area contributed by atoms with Crippen LogP contribution in [0.1, 0.15) is 39.8 Å². The SMILES string of the molecule is CCC[C@H](C)OC(=O)C(C)NP(=O)(OC[C@H]1OC[C@@H](n2ccc(N)nc2=O)O1)Oc1ccc(Br)cc1. The Morgan fingerprint density at radius 2 is 2.06 bits per heavy atom. The van der Waals surface area contributed by atoms with E-state index in [9.17, 15) is 14.2 Å². The lowest BCUT2D eigenvalue weighted by Gasteiger charge is -2.24. The number of rotatable bonds is 12. The number of aromatic nitrogens is 2. The highest BCUT2D eigenvalue weighted by atomic mass is 79.9. The number of esters is 1. The van der Waals surface area contributed by atoms with E-state index in [1.807, 2.05) is 6.92 Å². The molecular formula is C22H30BrN4O8P. The van der Waals surface area contributed by atoms with Crippen LogP contribution in [0.25, 0.3) is 0 Å². The van der Waals surface area contributed by atoms with Gasteiger partial charge in [0.25, 0.3) is 0 Å². The van der Waals surface area contributed by atoms with Crippen molar-refractivity contribution in [1.82, 2.24) is 14.6 Å². The van der Waals surface area contributed by atoms with Crippen LogP contribution in [0.15, 0.2) is 45.8 Å². The van der Waals surface area contributed by atoms with Crippen molar-refractivity contribution in [2.24, 2.45) is 0 Å². The van der Waals surface area contributed by atoms with Gasteiger partial charge in [0.2, 0.25) is 0 Å². The van der Waals surface area contributed by atoms with Gasteiger partial charge in [0.05, 0.1) is 12.7 Å². The highest BCUT2D eigenvalue weighted by Gasteiger charge is 2.36. The third-order valence-corrected chi connectivity index (χ3v) is 7.21. The second kappa shape index (κ2) is 12.8. The van der Waals surface area contributed by atoms with Crippen LogP contribution in [-0.2, 0) is 28.1 Å². The number of anilines is 1. The highest BCUT2D eigenvalue weighted by Crippen LogP contribution is 2.45. The third kappa shape index (κ3) is 8.12. The predicted molar refractivity (Wildman–Crippen MR) is 134 cm³/mol. The first-order valence-corrected chi connectivity index (χ1v) is 13.7. The molecule has 1 aromatic heterocycles. The zero-order valence-corrected chi connectivity index (χ0v) is 22.6. The van der Waals surface area contributed by atoms with Crippen LogP contribution in [0.2, 0.25) is 0 Å². The average molecular weight is 589 g/mol. The number of nitrogens with zero attached hydrogens (tertiary/aromatic N) is 2. The average Bonchev–Trinajstić information content (AvgIpc) is 3.28. The summed E-state index contributed by atoms with van der Waals surface area (Å²) in [6.07, 6.45) is 0.973. The van der Waals surface area contributed by atoms with E-state index in [1.54, 1.807) is 31.2 Å². The second-order valence-electron chi connectivity index (χ2n) is 8.12. The van der Waals surface area contributed by atoms with E-state index < -0.39 is 38.0 Å². The molecule has 3 N–H and O–H groups in total. The van der Waals surface area contributed by atoms with Crippen molar-refractivity contribution in [3.8, 4) is 5.75 Å². The molecule has 0 amide bonds. The van der Waals surface area contributed by atoms with Crippen LogP contribution in [0, 0.1) is 0 Å². The third-order valence-electron chi connectivity index (χ3n) is 5.03. The number of ether oxygens (including phenoxy) is 3. The minimum absolute atomic E-state index is 0.0306. The lowest BCUT2D eigenvalue weighted by atomic mass is 10.2. The zero-order valence-electron chi connectivity index (χ0n) is 20.2. The molecule has 36 heavy (non-hydrogen) atoms. The number of hydrogen-bond donors (Lipinski definition) is 2.